The monoisotopic (exact) mass is 283 g/mol. The third kappa shape index (κ3) is 2.68. The molecule has 1 aliphatic heterocycles. The average molecular weight is 283 g/mol. The second-order valence-electron chi connectivity index (χ2n) is 5.44. The van der Waals surface area contributed by atoms with Gasteiger partial charge in [0.15, 0.2) is 0 Å². The van der Waals surface area contributed by atoms with E-state index in [1.807, 2.05) is 18.5 Å². The second-order valence-corrected chi connectivity index (χ2v) is 5.44. The summed E-state index contributed by atoms with van der Waals surface area (Å²) in [4.78, 5) is 16.5. The molecule has 1 unspecified atom stereocenters. The van der Waals surface area contributed by atoms with Gasteiger partial charge in [-0.1, -0.05) is 0 Å². The molecule has 2 aromatic rings. The summed E-state index contributed by atoms with van der Waals surface area (Å²) in [5.41, 5.74) is 1.02. The maximum Gasteiger partial charge on any atom is 0.267 e. The second kappa shape index (κ2) is 5.44. The normalized spacial score (nSPS) is 17.0. The lowest BCUT2D eigenvalue weighted by molar-refractivity contribution is 0.0936. The van der Waals surface area contributed by atoms with Crippen molar-refractivity contribution in [3.8, 4) is 6.07 Å². The van der Waals surface area contributed by atoms with E-state index >= 15 is 0 Å². The van der Waals surface area contributed by atoms with Crippen molar-refractivity contribution in [2.24, 2.45) is 13.0 Å². The molecule has 1 N–H and O–H groups in total. The van der Waals surface area contributed by atoms with Gasteiger partial charge in [0.25, 0.3) is 5.91 Å². The lowest BCUT2D eigenvalue weighted by Crippen LogP contribution is -2.33. The zero-order valence-corrected chi connectivity index (χ0v) is 11.9. The first-order valence-corrected chi connectivity index (χ1v) is 7.02. The fraction of sp³-hybridized carbons (Fsp3) is 0.400. The van der Waals surface area contributed by atoms with Crippen molar-refractivity contribution in [1.82, 2.24) is 19.4 Å². The number of carbonyl (C=O) groups is 1. The minimum absolute atomic E-state index is 0.132. The predicted molar refractivity (Wildman–Crippen MR) is 76.5 cm³/mol. The molecule has 0 aromatic carbocycles. The van der Waals surface area contributed by atoms with Crippen molar-refractivity contribution < 1.29 is 4.79 Å². The SMILES string of the molecule is Cn1cc(C#N)cc1C(=O)NCC1CCn2ccnc2C1. The van der Waals surface area contributed by atoms with Crippen molar-refractivity contribution >= 4 is 5.91 Å². The lowest BCUT2D eigenvalue weighted by atomic mass is 9.98. The van der Waals surface area contributed by atoms with Crippen LogP contribution in [-0.4, -0.2) is 26.6 Å². The molecule has 0 fully saturated rings. The molecule has 6 nitrogen and oxygen atoms in total. The first-order chi connectivity index (χ1) is 10.2. The highest BCUT2D eigenvalue weighted by molar-refractivity contribution is 5.93. The average Bonchev–Trinajstić information content (AvgIpc) is 3.10. The molecule has 3 heterocycles. The number of hydrogen-bond acceptors (Lipinski definition) is 3. The fourth-order valence-electron chi connectivity index (χ4n) is 2.77. The molecule has 0 radical (unpaired) electrons. The minimum atomic E-state index is -0.132. The van der Waals surface area contributed by atoms with Gasteiger partial charge in [-0.15, -0.1) is 0 Å². The van der Waals surface area contributed by atoms with E-state index in [0.29, 0.717) is 23.7 Å². The van der Waals surface area contributed by atoms with Crippen LogP contribution in [0.2, 0.25) is 0 Å². The van der Waals surface area contributed by atoms with Crippen LogP contribution >= 0.6 is 0 Å². The van der Waals surface area contributed by atoms with Crippen LogP contribution in [0.25, 0.3) is 0 Å². The van der Waals surface area contributed by atoms with Gasteiger partial charge in [0.1, 0.15) is 17.6 Å². The van der Waals surface area contributed by atoms with Gasteiger partial charge < -0.3 is 14.5 Å². The largest absolute Gasteiger partial charge is 0.350 e. The Kier molecular flexibility index (Phi) is 3.48. The van der Waals surface area contributed by atoms with E-state index in [1.54, 1.807) is 23.9 Å². The van der Waals surface area contributed by atoms with Crippen LogP contribution in [0.4, 0.5) is 0 Å². The van der Waals surface area contributed by atoms with Crippen LogP contribution in [0, 0.1) is 17.2 Å². The highest BCUT2D eigenvalue weighted by Crippen LogP contribution is 2.18. The van der Waals surface area contributed by atoms with Crippen LogP contribution in [0.3, 0.4) is 0 Å². The van der Waals surface area contributed by atoms with Crippen molar-refractivity contribution in [2.75, 3.05) is 6.54 Å². The molecule has 0 spiro atoms. The Morgan fingerprint density at radius 3 is 3.24 bits per heavy atom. The number of nitrogens with one attached hydrogen (secondary N) is 1. The highest BCUT2D eigenvalue weighted by Gasteiger charge is 2.20. The van der Waals surface area contributed by atoms with E-state index in [1.165, 1.54) is 0 Å². The van der Waals surface area contributed by atoms with Crippen molar-refractivity contribution in [2.45, 2.75) is 19.4 Å². The van der Waals surface area contributed by atoms with Crippen LogP contribution in [0.1, 0.15) is 28.3 Å². The molecular weight excluding hydrogens is 266 g/mol. The molecule has 2 aromatic heterocycles. The van der Waals surface area contributed by atoms with Crippen molar-refractivity contribution in [1.29, 1.82) is 5.26 Å². The van der Waals surface area contributed by atoms with Gasteiger partial charge in [0.05, 0.1) is 5.56 Å². The fourth-order valence-corrected chi connectivity index (χ4v) is 2.77. The Morgan fingerprint density at radius 2 is 2.48 bits per heavy atom. The van der Waals surface area contributed by atoms with E-state index < -0.39 is 0 Å². The summed E-state index contributed by atoms with van der Waals surface area (Å²) in [5.74, 6) is 1.37. The zero-order valence-electron chi connectivity index (χ0n) is 11.9. The number of aromatic nitrogens is 3. The van der Waals surface area contributed by atoms with Crippen molar-refractivity contribution in [3.63, 3.8) is 0 Å². The van der Waals surface area contributed by atoms with Gasteiger partial charge in [-0.25, -0.2) is 4.98 Å². The smallest absolute Gasteiger partial charge is 0.267 e. The lowest BCUT2D eigenvalue weighted by Gasteiger charge is -2.23. The Morgan fingerprint density at radius 1 is 1.62 bits per heavy atom. The molecule has 1 amide bonds. The topological polar surface area (TPSA) is 75.6 Å². The Bertz CT molecular complexity index is 706. The zero-order chi connectivity index (χ0) is 14.8. The summed E-state index contributed by atoms with van der Waals surface area (Å²) in [6.45, 7) is 1.59. The Balaban J connectivity index is 1.59. The highest BCUT2D eigenvalue weighted by atomic mass is 16.1. The van der Waals surface area contributed by atoms with Gasteiger partial charge in [-0.2, -0.15) is 5.26 Å². The standard InChI is InChI=1S/C15H17N5O/c1-19-10-12(8-16)6-13(19)15(21)18-9-11-2-4-20-5-3-17-14(20)7-11/h3,5-6,10-11H,2,4,7,9H2,1H3,(H,18,21). The number of amides is 1. The number of imidazole rings is 1. The number of rotatable bonds is 3. The summed E-state index contributed by atoms with van der Waals surface area (Å²) in [6.07, 6.45) is 7.41. The summed E-state index contributed by atoms with van der Waals surface area (Å²) in [5, 5.41) is 11.8. The predicted octanol–water partition coefficient (Wildman–Crippen LogP) is 1.09. The van der Waals surface area contributed by atoms with Gasteiger partial charge in [-0.3, -0.25) is 4.79 Å². The van der Waals surface area contributed by atoms with Crippen LogP contribution in [0.15, 0.2) is 24.7 Å². The molecule has 0 aliphatic carbocycles. The van der Waals surface area contributed by atoms with E-state index in [0.717, 1.165) is 25.2 Å². The Labute approximate surface area is 123 Å². The molecule has 21 heavy (non-hydrogen) atoms. The van der Waals surface area contributed by atoms with Gasteiger partial charge in [0, 0.05) is 45.1 Å². The van der Waals surface area contributed by atoms with E-state index in [4.69, 9.17) is 5.26 Å². The number of carbonyl (C=O) groups excluding carboxylic acids is 1. The first-order valence-electron chi connectivity index (χ1n) is 7.02. The first kappa shape index (κ1) is 13.4. The molecule has 0 saturated heterocycles. The maximum atomic E-state index is 12.2. The maximum absolute atomic E-state index is 12.2. The van der Waals surface area contributed by atoms with Crippen LogP contribution in [-0.2, 0) is 20.0 Å². The molecule has 1 aliphatic rings. The third-order valence-corrected chi connectivity index (χ3v) is 3.97. The number of nitrogens with zero attached hydrogens (tertiary/aromatic N) is 4. The van der Waals surface area contributed by atoms with Crippen LogP contribution < -0.4 is 5.32 Å². The van der Waals surface area contributed by atoms with Gasteiger partial charge >= 0.3 is 0 Å². The summed E-state index contributed by atoms with van der Waals surface area (Å²) < 4.78 is 3.84. The molecular formula is C15H17N5O. The van der Waals surface area contributed by atoms with E-state index in [-0.39, 0.29) is 5.91 Å². The Hall–Kier alpha value is -2.55. The third-order valence-electron chi connectivity index (χ3n) is 3.97. The number of fused-ring (bicyclic) bond motifs is 1. The van der Waals surface area contributed by atoms with Gasteiger partial charge in [0.2, 0.25) is 0 Å². The summed E-state index contributed by atoms with van der Waals surface area (Å²) in [7, 11) is 1.77. The molecule has 3 rings (SSSR count). The minimum Gasteiger partial charge on any atom is -0.350 e. The van der Waals surface area contributed by atoms with E-state index in [2.05, 4.69) is 14.9 Å². The molecule has 6 heteroatoms. The summed E-state index contributed by atoms with van der Waals surface area (Å²) >= 11 is 0. The van der Waals surface area contributed by atoms with Crippen molar-refractivity contribution in [3.05, 3.63) is 41.7 Å². The molecule has 108 valence electrons. The number of nitriles is 1. The molecule has 0 saturated carbocycles. The van der Waals surface area contributed by atoms with Gasteiger partial charge in [-0.05, 0) is 18.4 Å². The molecule has 0 bridgehead atoms. The van der Waals surface area contributed by atoms with Crippen LogP contribution in [0.5, 0.6) is 0 Å². The quantitative estimate of drug-likeness (QED) is 0.916. The van der Waals surface area contributed by atoms with E-state index in [9.17, 15) is 4.79 Å². The number of hydrogen-bond donors (Lipinski definition) is 1. The molecule has 1 atom stereocenters. The number of aryl methyl sites for hydroxylation is 2. The summed E-state index contributed by atoms with van der Waals surface area (Å²) in [6, 6.07) is 3.66.